The van der Waals surface area contributed by atoms with Gasteiger partial charge in [-0.3, -0.25) is 4.57 Å². The highest BCUT2D eigenvalue weighted by atomic mass is 15.1. The molecular weight excluding hydrogens is 540 g/mol. The Kier molecular flexibility index (Phi) is 5.53. The number of hydrogen-bond acceptors (Lipinski definition) is 2. The fourth-order valence-corrected chi connectivity index (χ4v) is 6.26. The summed E-state index contributed by atoms with van der Waals surface area (Å²) < 4.78 is 4.28. The van der Waals surface area contributed by atoms with Gasteiger partial charge in [0.2, 0.25) is 0 Å². The van der Waals surface area contributed by atoms with Crippen molar-refractivity contribution in [2.45, 2.75) is 0 Å². The molecule has 0 fully saturated rings. The number of aromatic nitrogens is 3. The lowest BCUT2D eigenvalue weighted by Gasteiger charge is -2.16. The lowest BCUT2D eigenvalue weighted by atomic mass is 10.0. The quantitative estimate of drug-likeness (QED) is 0.202. The van der Waals surface area contributed by atoms with E-state index in [1.165, 1.54) is 0 Å². The smallest absolute Gasteiger partial charge is 0.189 e. The molecule has 6 nitrogen and oxygen atoms in total. The molecule has 0 saturated heterocycles. The molecule has 0 aliphatic carbocycles. The van der Waals surface area contributed by atoms with Crippen LogP contribution in [0.2, 0.25) is 0 Å². The molecule has 0 N–H and O–H groups in total. The van der Waals surface area contributed by atoms with Crippen LogP contribution in [-0.2, 0) is 0 Å². The maximum atomic E-state index is 9.49. The normalized spacial score (nSPS) is 11.1. The highest BCUT2D eigenvalue weighted by Crippen LogP contribution is 2.39. The van der Waals surface area contributed by atoms with Gasteiger partial charge in [-0.25, -0.2) is 14.7 Å². The molecular formula is C38H20N6. The number of rotatable bonds is 3. The first-order valence-electron chi connectivity index (χ1n) is 14.0. The van der Waals surface area contributed by atoms with Crippen LogP contribution in [0.3, 0.4) is 0 Å². The van der Waals surface area contributed by atoms with Gasteiger partial charge < -0.3 is 4.57 Å². The molecule has 8 aromatic rings. The van der Waals surface area contributed by atoms with Crippen molar-refractivity contribution in [3.05, 3.63) is 150 Å². The van der Waals surface area contributed by atoms with Crippen molar-refractivity contribution in [1.29, 1.82) is 5.26 Å². The average molecular weight is 561 g/mol. The zero-order valence-electron chi connectivity index (χ0n) is 23.2. The average Bonchev–Trinajstić information content (AvgIpc) is 3.60. The van der Waals surface area contributed by atoms with Crippen molar-refractivity contribution in [3.8, 4) is 28.7 Å². The predicted molar refractivity (Wildman–Crippen MR) is 176 cm³/mol. The van der Waals surface area contributed by atoms with E-state index < -0.39 is 0 Å². The second-order valence-electron chi connectivity index (χ2n) is 10.6. The lowest BCUT2D eigenvalue weighted by Crippen LogP contribution is -2.03. The first-order chi connectivity index (χ1) is 21.7. The first-order valence-corrected chi connectivity index (χ1v) is 14.0. The van der Waals surface area contributed by atoms with E-state index in [4.69, 9.17) is 18.1 Å². The molecule has 8 rings (SSSR count). The second kappa shape index (κ2) is 9.71. The highest BCUT2D eigenvalue weighted by molar-refractivity contribution is 6.11. The number of benzene rings is 5. The summed E-state index contributed by atoms with van der Waals surface area (Å²) in [4.78, 5) is 12.5. The third-order valence-electron chi connectivity index (χ3n) is 8.24. The summed E-state index contributed by atoms with van der Waals surface area (Å²) >= 11 is 0. The van der Waals surface area contributed by atoms with Gasteiger partial charge in [0.15, 0.2) is 11.4 Å². The Morgan fingerprint density at radius 2 is 1.14 bits per heavy atom. The second-order valence-corrected chi connectivity index (χ2v) is 10.6. The van der Waals surface area contributed by atoms with E-state index in [0.717, 1.165) is 60.4 Å². The Labute approximate surface area is 252 Å². The third kappa shape index (κ3) is 3.68. The summed E-state index contributed by atoms with van der Waals surface area (Å²) in [5.74, 6) is 0.712. The van der Waals surface area contributed by atoms with Gasteiger partial charge >= 0.3 is 0 Å². The largest absolute Gasteiger partial charge is 0.308 e. The molecule has 3 heterocycles. The Morgan fingerprint density at radius 1 is 0.591 bits per heavy atom. The summed E-state index contributed by atoms with van der Waals surface area (Å²) in [6, 6.07) is 39.9. The van der Waals surface area contributed by atoms with Gasteiger partial charge in [0.25, 0.3) is 0 Å². The van der Waals surface area contributed by atoms with Crippen LogP contribution >= 0.6 is 0 Å². The first kappa shape index (κ1) is 25.1. The fourth-order valence-electron chi connectivity index (χ4n) is 6.26. The molecule has 0 bridgehead atoms. The minimum atomic E-state index is 0.561. The van der Waals surface area contributed by atoms with Crippen LogP contribution < -0.4 is 0 Å². The van der Waals surface area contributed by atoms with E-state index >= 15 is 0 Å². The number of hydrogen-bond donors (Lipinski definition) is 0. The van der Waals surface area contributed by atoms with E-state index in [-0.39, 0.29) is 0 Å². The molecule has 44 heavy (non-hydrogen) atoms. The maximum absolute atomic E-state index is 9.49. The van der Waals surface area contributed by atoms with Gasteiger partial charge in [0.05, 0.1) is 47.7 Å². The maximum Gasteiger partial charge on any atom is 0.189 e. The van der Waals surface area contributed by atoms with Crippen molar-refractivity contribution in [2.75, 3.05) is 0 Å². The van der Waals surface area contributed by atoms with Crippen LogP contribution in [0, 0.1) is 24.5 Å². The predicted octanol–water partition coefficient (Wildman–Crippen LogP) is 9.92. The van der Waals surface area contributed by atoms with Crippen LogP contribution in [0.5, 0.6) is 0 Å². The number of pyridine rings is 1. The van der Waals surface area contributed by atoms with E-state index in [1.807, 2.05) is 91.1 Å². The summed E-state index contributed by atoms with van der Waals surface area (Å²) in [5.41, 5.74) is 8.24. The number of fused-ring (bicyclic) bond motifs is 6. The van der Waals surface area contributed by atoms with Crippen molar-refractivity contribution in [2.24, 2.45) is 0 Å². The summed E-state index contributed by atoms with van der Waals surface area (Å²) in [6.07, 6.45) is 1.89. The van der Waals surface area contributed by atoms with Gasteiger partial charge in [-0.15, -0.1) is 0 Å². The molecule has 0 amide bonds. The van der Waals surface area contributed by atoms with Crippen molar-refractivity contribution in [3.63, 3.8) is 0 Å². The van der Waals surface area contributed by atoms with Gasteiger partial charge in [-0.2, -0.15) is 5.26 Å². The topological polar surface area (TPSA) is 55.3 Å². The molecule has 5 aromatic carbocycles. The van der Waals surface area contributed by atoms with Crippen LogP contribution in [0.15, 0.2) is 121 Å². The molecule has 0 atom stereocenters. The third-order valence-corrected chi connectivity index (χ3v) is 8.24. The monoisotopic (exact) mass is 560 g/mol. The molecule has 6 heteroatoms. The molecule has 0 saturated carbocycles. The van der Waals surface area contributed by atoms with Crippen LogP contribution in [0.4, 0.5) is 11.4 Å². The number of nitriles is 1. The van der Waals surface area contributed by atoms with Gasteiger partial charge in [0.1, 0.15) is 5.82 Å². The molecule has 3 aromatic heterocycles. The molecule has 0 spiro atoms. The molecule has 202 valence electrons. The summed E-state index contributed by atoms with van der Waals surface area (Å²) in [7, 11) is 0. The Morgan fingerprint density at radius 3 is 1.73 bits per heavy atom. The van der Waals surface area contributed by atoms with Crippen molar-refractivity contribution < 1.29 is 0 Å². The van der Waals surface area contributed by atoms with E-state index in [2.05, 4.69) is 55.2 Å². The molecule has 0 unspecified atom stereocenters. The fraction of sp³-hybridized carbons (Fsp3) is 0. The number of nitrogens with zero attached hydrogens (tertiary/aromatic N) is 6. The van der Waals surface area contributed by atoms with Crippen molar-refractivity contribution >= 4 is 55.0 Å². The van der Waals surface area contributed by atoms with E-state index in [9.17, 15) is 5.26 Å². The Balaban J connectivity index is 1.48. The van der Waals surface area contributed by atoms with Crippen LogP contribution in [-0.4, -0.2) is 14.1 Å². The van der Waals surface area contributed by atoms with Gasteiger partial charge in [-0.05, 0) is 48.0 Å². The minimum absolute atomic E-state index is 0.561. The lowest BCUT2D eigenvalue weighted by molar-refractivity contribution is 1.06. The molecule has 0 radical (unpaired) electrons. The van der Waals surface area contributed by atoms with Crippen LogP contribution in [0.1, 0.15) is 5.56 Å². The SMILES string of the molecule is [C-]#[N+]c1ccc2c3ccccc3n(-c3cc(-c4ccc(C#N)cc4)c(-n4c5ccccc5c5ccc([N+]#[C-])cc54)cn3)c2c1. The van der Waals surface area contributed by atoms with E-state index in [1.54, 1.807) is 0 Å². The standard InChI is InChI=1S/C38H20N6/c1-40-26-15-17-30-28-7-3-5-9-33(28)43(35(30)19-26)37-23-42-38(21-32(37)25-13-11-24(22-39)12-14-25)44-34-10-6-4-8-29(34)31-18-16-27(41-2)20-36(31)44/h3-21,23H. The van der Waals surface area contributed by atoms with E-state index in [0.29, 0.717) is 22.8 Å². The Bertz CT molecular complexity index is 2580. The Hall–Kier alpha value is -6.68. The molecule has 0 aliphatic heterocycles. The van der Waals surface area contributed by atoms with Gasteiger partial charge in [0, 0.05) is 38.1 Å². The van der Waals surface area contributed by atoms with Crippen LogP contribution in [0.25, 0.3) is 75.9 Å². The van der Waals surface area contributed by atoms with Crippen molar-refractivity contribution in [1.82, 2.24) is 14.1 Å². The summed E-state index contributed by atoms with van der Waals surface area (Å²) in [5, 5.41) is 13.8. The molecule has 0 aliphatic rings. The number of para-hydroxylation sites is 2. The minimum Gasteiger partial charge on any atom is -0.308 e. The zero-order valence-corrected chi connectivity index (χ0v) is 23.2. The summed E-state index contributed by atoms with van der Waals surface area (Å²) in [6.45, 7) is 15.3. The zero-order chi connectivity index (χ0) is 29.8. The highest BCUT2D eigenvalue weighted by Gasteiger charge is 2.20. The van der Waals surface area contributed by atoms with Gasteiger partial charge in [-0.1, -0.05) is 72.8 Å².